The number of halogens is 2. The van der Waals surface area contributed by atoms with E-state index in [1.54, 1.807) is 12.5 Å². The van der Waals surface area contributed by atoms with Crippen molar-refractivity contribution in [3.8, 4) is 0 Å². The summed E-state index contributed by atoms with van der Waals surface area (Å²) in [6, 6.07) is 8.27. The molecule has 1 aromatic carbocycles. The summed E-state index contributed by atoms with van der Waals surface area (Å²) in [6.45, 7) is 3.99. The van der Waals surface area contributed by atoms with Crippen molar-refractivity contribution in [2.75, 3.05) is 13.6 Å². The van der Waals surface area contributed by atoms with E-state index in [1.165, 1.54) is 5.56 Å². The average Bonchev–Trinajstić information content (AvgIpc) is 2.99. The quantitative estimate of drug-likeness (QED) is 0.797. The molecule has 0 radical (unpaired) electrons. The van der Waals surface area contributed by atoms with Gasteiger partial charge >= 0.3 is 0 Å². The molecule has 1 unspecified atom stereocenters. The lowest BCUT2D eigenvalue weighted by molar-refractivity contribution is -0.124. The van der Waals surface area contributed by atoms with Gasteiger partial charge in [-0.05, 0) is 18.2 Å². The Morgan fingerprint density at radius 2 is 1.87 bits per heavy atom. The summed E-state index contributed by atoms with van der Waals surface area (Å²) in [6.07, 6.45) is 5.52. The number of benzene rings is 1. The molecular formula is C16H24Cl2N4O. The van der Waals surface area contributed by atoms with E-state index >= 15 is 0 Å². The third-order valence-electron chi connectivity index (χ3n) is 3.37. The summed E-state index contributed by atoms with van der Waals surface area (Å²) >= 11 is 0. The van der Waals surface area contributed by atoms with Crippen LogP contribution in [0, 0.1) is 5.92 Å². The van der Waals surface area contributed by atoms with E-state index < -0.39 is 0 Å². The molecule has 1 heterocycles. The molecule has 0 saturated heterocycles. The minimum Gasteiger partial charge on any atom is -0.352 e. The summed E-state index contributed by atoms with van der Waals surface area (Å²) in [5.41, 5.74) is 2.32. The molecule has 0 aliphatic carbocycles. The summed E-state index contributed by atoms with van der Waals surface area (Å²) in [7, 11) is 1.85. The van der Waals surface area contributed by atoms with Crippen LogP contribution in [0.3, 0.4) is 0 Å². The molecule has 7 heteroatoms. The van der Waals surface area contributed by atoms with Gasteiger partial charge in [0.05, 0.1) is 6.33 Å². The molecule has 5 nitrogen and oxygen atoms in total. The Morgan fingerprint density at radius 1 is 1.22 bits per heavy atom. The van der Waals surface area contributed by atoms with Crippen molar-refractivity contribution in [2.24, 2.45) is 5.92 Å². The fourth-order valence-corrected chi connectivity index (χ4v) is 2.12. The Labute approximate surface area is 149 Å². The number of amides is 1. The van der Waals surface area contributed by atoms with Crippen LogP contribution < -0.4 is 10.6 Å². The summed E-state index contributed by atoms with van der Waals surface area (Å²) in [5.74, 6) is 0.0577. The van der Waals surface area contributed by atoms with Crippen LogP contribution in [0.2, 0.25) is 0 Å². The highest BCUT2D eigenvalue weighted by molar-refractivity contribution is 5.85. The maximum Gasteiger partial charge on any atom is 0.224 e. The molecule has 1 amide bonds. The highest BCUT2D eigenvalue weighted by Gasteiger charge is 2.10. The SMILES string of the molecule is CNCC(C)C(=O)NCc1ccc(Cn2ccnc2)cc1.Cl.Cl. The minimum atomic E-state index is -0.0180. The van der Waals surface area contributed by atoms with E-state index in [1.807, 2.05) is 24.7 Å². The van der Waals surface area contributed by atoms with Crippen LogP contribution >= 0.6 is 24.8 Å². The highest BCUT2D eigenvalue weighted by atomic mass is 35.5. The van der Waals surface area contributed by atoms with Gasteiger partial charge in [-0.3, -0.25) is 4.79 Å². The Balaban J connectivity index is 0.00000242. The number of hydrogen-bond donors (Lipinski definition) is 2. The van der Waals surface area contributed by atoms with Crippen molar-refractivity contribution in [2.45, 2.75) is 20.0 Å². The van der Waals surface area contributed by atoms with Gasteiger partial charge in [-0.25, -0.2) is 4.98 Å². The first kappa shape index (κ1) is 21.4. The van der Waals surface area contributed by atoms with E-state index in [2.05, 4.69) is 39.9 Å². The number of nitrogens with one attached hydrogen (secondary N) is 2. The Hall–Kier alpha value is -1.56. The maximum absolute atomic E-state index is 11.8. The van der Waals surface area contributed by atoms with E-state index in [9.17, 15) is 4.79 Å². The van der Waals surface area contributed by atoms with Crippen LogP contribution in [0.15, 0.2) is 43.0 Å². The second-order valence-corrected chi connectivity index (χ2v) is 5.23. The minimum absolute atomic E-state index is 0. The first-order chi connectivity index (χ1) is 10.2. The molecule has 0 bridgehead atoms. The average molecular weight is 359 g/mol. The lowest BCUT2D eigenvalue weighted by Gasteiger charge is -2.12. The Morgan fingerprint density at radius 3 is 2.43 bits per heavy atom. The van der Waals surface area contributed by atoms with E-state index in [0.29, 0.717) is 13.1 Å². The van der Waals surface area contributed by atoms with Gasteiger partial charge in [-0.1, -0.05) is 31.2 Å². The fraction of sp³-hybridized carbons (Fsp3) is 0.375. The van der Waals surface area contributed by atoms with Crippen molar-refractivity contribution in [1.29, 1.82) is 0 Å². The van der Waals surface area contributed by atoms with Crippen molar-refractivity contribution in [3.05, 3.63) is 54.1 Å². The molecule has 2 aromatic rings. The van der Waals surface area contributed by atoms with Crippen molar-refractivity contribution < 1.29 is 4.79 Å². The van der Waals surface area contributed by atoms with Crippen LogP contribution in [-0.4, -0.2) is 29.1 Å². The van der Waals surface area contributed by atoms with Crippen LogP contribution in [0.25, 0.3) is 0 Å². The fourth-order valence-electron chi connectivity index (χ4n) is 2.12. The number of hydrogen-bond acceptors (Lipinski definition) is 3. The maximum atomic E-state index is 11.8. The van der Waals surface area contributed by atoms with Crippen LogP contribution in [0.1, 0.15) is 18.1 Å². The molecule has 23 heavy (non-hydrogen) atoms. The third-order valence-corrected chi connectivity index (χ3v) is 3.37. The van der Waals surface area contributed by atoms with Crippen molar-refractivity contribution in [1.82, 2.24) is 20.2 Å². The zero-order valence-electron chi connectivity index (χ0n) is 13.4. The number of nitrogens with zero attached hydrogens (tertiary/aromatic N) is 2. The topological polar surface area (TPSA) is 59.0 Å². The lowest BCUT2D eigenvalue weighted by atomic mass is 10.1. The van der Waals surface area contributed by atoms with Gasteiger partial charge in [0, 0.05) is 37.9 Å². The zero-order valence-corrected chi connectivity index (χ0v) is 15.0. The van der Waals surface area contributed by atoms with E-state index in [4.69, 9.17) is 0 Å². The van der Waals surface area contributed by atoms with Gasteiger partial charge in [-0.2, -0.15) is 0 Å². The highest BCUT2D eigenvalue weighted by Crippen LogP contribution is 2.06. The van der Waals surface area contributed by atoms with Gasteiger partial charge < -0.3 is 15.2 Å². The normalized spacial score (nSPS) is 11.0. The van der Waals surface area contributed by atoms with Crippen molar-refractivity contribution in [3.63, 3.8) is 0 Å². The van der Waals surface area contributed by atoms with Gasteiger partial charge in [0.25, 0.3) is 0 Å². The largest absolute Gasteiger partial charge is 0.352 e. The van der Waals surface area contributed by atoms with Gasteiger partial charge in [-0.15, -0.1) is 24.8 Å². The predicted octanol–water partition coefficient (Wildman–Crippen LogP) is 2.25. The smallest absolute Gasteiger partial charge is 0.224 e. The van der Waals surface area contributed by atoms with E-state index in [0.717, 1.165) is 12.1 Å². The first-order valence-electron chi connectivity index (χ1n) is 7.15. The predicted molar refractivity (Wildman–Crippen MR) is 97.2 cm³/mol. The number of carbonyl (C=O) groups is 1. The monoisotopic (exact) mass is 358 g/mol. The summed E-state index contributed by atoms with van der Waals surface area (Å²) in [5, 5.41) is 5.96. The van der Waals surface area contributed by atoms with Crippen LogP contribution in [0.5, 0.6) is 0 Å². The number of carbonyl (C=O) groups excluding carboxylic acids is 1. The Kier molecular flexibility index (Phi) is 10.3. The summed E-state index contributed by atoms with van der Waals surface area (Å²) < 4.78 is 2.02. The Bertz CT molecular complexity index is 558. The van der Waals surface area contributed by atoms with Gasteiger partial charge in [0.1, 0.15) is 0 Å². The van der Waals surface area contributed by atoms with Crippen LogP contribution in [0.4, 0.5) is 0 Å². The van der Waals surface area contributed by atoms with Gasteiger partial charge in [0.2, 0.25) is 5.91 Å². The molecule has 128 valence electrons. The molecule has 0 fully saturated rings. The molecule has 2 rings (SSSR count). The summed E-state index contributed by atoms with van der Waals surface area (Å²) in [4.78, 5) is 15.9. The standard InChI is InChI=1S/C16H22N4O.2ClH/c1-13(9-17-2)16(21)19-10-14-3-5-15(6-4-14)11-20-8-7-18-12-20;;/h3-8,12-13,17H,9-11H2,1-2H3,(H,19,21);2*1H. The molecule has 0 saturated carbocycles. The molecular weight excluding hydrogens is 335 g/mol. The van der Waals surface area contributed by atoms with Gasteiger partial charge in [0.15, 0.2) is 0 Å². The molecule has 0 aliphatic rings. The zero-order chi connectivity index (χ0) is 15.1. The number of aromatic nitrogens is 2. The van der Waals surface area contributed by atoms with E-state index in [-0.39, 0.29) is 36.6 Å². The second kappa shape index (κ2) is 11.0. The molecule has 1 aromatic heterocycles. The number of rotatable bonds is 7. The molecule has 0 spiro atoms. The third kappa shape index (κ3) is 7.03. The molecule has 0 aliphatic heterocycles. The molecule has 1 atom stereocenters. The molecule has 2 N–H and O–H groups in total. The van der Waals surface area contributed by atoms with Crippen LogP contribution in [-0.2, 0) is 17.9 Å². The number of imidazole rings is 1. The second-order valence-electron chi connectivity index (χ2n) is 5.23. The first-order valence-corrected chi connectivity index (χ1v) is 7.15. The van der Waals surface area contributed by atoms with Crippen molar-refractivity contribution >= 4 is 30.7 Å². The lowest BCUT2D eigenvalue weighted by Crippen LogP contribution is -2.33.